The first kappa shape index (κ1) is 33.4. The van der Waals surface area contributed by atoms with Crippen LogP contribution >= 0.6 is 11.3 Å². The number of fused-ring (bicyclic) bond motifs is 3. The second-order valence-corrected chi connectivity index (χ2v) is 24.4. The SMILES string of the molecule is Cc1cc(-c2[c-]cccc2)nc[c]1[Ge]([CH3])([CH3])[CH3].[2H]C(C)(C)c1ccnc(-c2[c-]ccc3c2sc2cc(-c4ccc(F)cc4)ccc23)c1.[Ir]. The van der Waals surface area contributed by atoms with Crippen molar-refractivity contribution in [1.29, 1.82) is 0 Å². The molecule has 0 aliphatic carbocycles. The second-order valence-electron chi connectivity index (χ2n) is 12.8. The van der Waals surface area contributed by atoms with E-state index in [1.54, 1.807) is 29.7 Å². The molecular weight excluding hydrogens is 836 g/mol. The zero-order chi connectivity index (χ0) is 33.3. The number of aromatic nitrogens is 2. The molecule has 0 aliphatic heterocycles. The summed E-state index contributed by atoms with van der Waals surface area (Å²) >= 11 is -0.0563. The molecule has 0 bridgehead atoms. The summed E-state index contributed by atoms with van der Waals surface area (Å²) in [5.41, 5.74) is 8.26. The Morgan fingerprint density at radius 2 is 1.57 bits per heavy atom. The fraction of sp³-hybridized carbons (Fsp3) is 0.171. The summed E-state index contributed by atoms with van der Waals surface area (Å²) in [6.45, 7) is 5.96. The molecular formula is C41H37FGeIrN2S-2. The van der Waals surface area contributed by atoms with Gasteiger partial charge in [-0.3, -0.25) is 0 Å². The third-order valence-corrected chi connectivity index (χ3v) is 13.8. The number of benzene rings is 4. The molecule has 0 unspecified atom stereocenters. The Labute approximate surface area is 299 Å². The molecule has 3 heterocycles. The van der Waals surface area contributed by atoms with Gasteiger partial charge < -0.3 is 4.98 Å². The van der Waals surface area contributed by atoms with Crippen molar-refractivity contribution in [3.05, 3.63) is 139 Å². The molecule has 1 radical (unpaired) electrons. The molecule has 7 aromatic rings. The van der Waals surface area contributed by atoms with Crippen LogP contribution in [0.25, 0.3) is 53.8 Å². The van der Waals surface area contributed by atoms with Crippen molar-refractivity contribution in [3.8, 4) is 33.6 Å². The second kappa shape index (κ2) is 14.7. The maximum Gasteiger partial charge on any atom is 0.123 e. The molecule has 0 aliphatic rings. The van der Waals surface area contributed by atoms with E-state index >= 15 is 0 Å². The van der Waals surface area contributed by atoms with Gasteiger partial charge in [0.2, 0.25) is 0 Å². The summed E-state index contributed by atoms with van der Waals surface area (Å²) in [6, 6.07) is 37.7. The van der Waals surface area contributed by atoms with Crippen LogP contribution in [0.5, 0.6) is 0 Å². The average Bonchev–Trinajstić information content (AvgIpc) is 3.43. The van der Waals surface area contributed by atoms with E-state index in [0.717, 1.165) is 43.9 Å². The van der Waals surface area contributed by atoms with E-state index in [0.29, 0.717) is 0 Å². The van der Waals surface area contributed by atoms with Crippen LogP contribution in [0.3, 0.4) is 0 Å². The zero-order valence-corrected chi connectivity index (χ0v) is 32.7. The molecule has 0 saturated heterocycles. The summed E-state index contributed by atoms with van der Waals surface area (Å²) in [4.78, 5) is 9.17. The molecule has 0 amide bonds. The molecule has 0 spiro atoms. The van der Waals surface area contributed by atoms with Gasteiger partial charge in [-0.15, -0.1) is 23.8 Å². The van der Waals surface area contributed by atoms with E-state index in [9.17, 15) is 4.39 Å². The average molecular weight is 875 g/mol. The fourth-order valence-corrected chi connectivity index (χ4v) is 10.5. The van der Waals surface area contributed by atoms with Crippen LogP contribution in [-0.2, 0) is 20.1 Å². The van der Waals surface area contributed by atoms with Gasteiger partial charge in [0.15, 0.2) is 0 Å². The number of halogens is 1. The third kappa shape index (κ3) is 7.82. The maximum absolute atomic E-state index is 13.3. The van der Waals surface area contributed by atoms with Crippen LogP contribution in [0.15, 0.2) is 109 Å². The molecule has 0 saturated carbocycles. The van der Waals surface area contributed by atoms with Crippen LogP contribution in [0.1, 0.15) is 32.2 Å². The minimum Gasteiger partial charge on any atom is -0.305 e. The normalized spacial score (nSPS) is 11.9. The molecule has 0 fully saturated rings. The van der Waals surface area contributed by atoms with Crippen molar-refractivity contribution in [2.24, 2.45) is 0 Å². The maximum atomic E-state index is 13.3. The Kier molecular flexibility index (Phi) is 10.5. The van der Waals surface area contributed by atoms with Crippen LogP contribution < -0.4 is 4.40 Å². The minimum absolute atomic E-state index is 0. The third-order valence-electron chi connectivity index (χ3n) is 8.11. The first-order valence-corrected chi connectivity index (χ1v) is 23.6. The van der Waals surface area contributed by atoms with Crippen molar-refractivity contribution >= 4 is 49.2 Å². The Morgan fingerprint density at radius 3 is 2.26 bits per heavy atom. The summed E-state index contributed by atoms with van der Waals surface area (Å²) in [6.07, 6.45) is 3.85. The molecule has 6 heteroatoms. The molecule has 0 N–H and O–H groups in total. The van der Waals surface area contributed by atoms with E-state index in [1.165, 1.54) is 37.6 Å². The summed E-state index contributed by atoms with van der Waals surface area (Å²) < 4.78 is 25.4. The van der Waals surface area contributed by atoms with E-state index in [1.807, 2.05) is 50.2 Å². The smallest absolute Gasteiger partial charge is 0.123 e. The van der Waals surface area contributed by atoms with Gasteiger partial charge in [-0.1, -0.05) is 55.1 Å². The number of pyridine rings is 2. The Hall–Kier alpha value is -3.48. The van der Waals surface area contributed by atoms with Crippen LogP contribution in [0, 0.1) is 24.9 Å². The minimum atomic E-state index is -1.77. The number of aryl methyl sites for hydroxylation is 1. The number of hydrogen-bond acceptors (Lipinski definition) is 3. The standard InChI is InChI=1S/C26H19FNS.C15H18GeN.Ir/c1-16(2)18-12-13-28-24(14-18)23-5-3-4-22-21-11-8-19(15-25(21)29-26(22)23)17-6-9-20(27)10-7-17;1-12-10-15(13-8-6-5-7-9-13)17-11-14(12)16(2,3)4;/h3-4,6-16H,1-2H3;5-8,10-11H,1-4H3;/q2*-1;/i16D;;. The largest absolute Gasteiger partial charge is 0.305 e. The van der Waals surface area contributed by atoms with Crippen molar-refractivity contribution in [2.75, 3.05) is 0 Å². The topological polar surface area (TPSA) is 25.8 Å². The van der Waals surface area contributed by atoms with Crippen LogP contribution in [0.2, 0.25) is 17.3 Å². The first-order valence-electron chi connectivity index (χ1n) is 15.9. The van der Waals surface area contributed by atoms with E-state index < -0.39 is 19.2 Å². The van der Waals surface area contributed by atoms with Gasteiger partial charge in [0, 0.05) is 32.4 Å². The monoisotopic (exact) mass is 876 g/mol. The van der Waals surface area contributed by atoms with Gasteiger partial charge in [0.1, 0.15) is 5.82 Å². The predicted molar refractivity (Wildman–Crippen MR) is 197 cm³/mol. The van der Waals surface area contributed by atoms with Gasteiger partial charge in [0.05, 0.1) is 0 Å². The first-order chi connectivity index (χ1) is 22.4. The van der Waals surface area contributed by atoms with Crippen molar-refractivity contribution in [3.63, 3.8) is 0 Å². The Bertz CT molecular complexity index is 2190. The zero-order valence-electron chi connectivity index (χ0n) is 28.4. The van der Waals surface area contributed by atoms with Gasteiger partial charge in [-0.05, 0) is 57.1 Å². The van der Waals surface area contributed by atoms with Crippen LogP contribution in [-0.4, -0.2) is 23.2 Å². The number of hydrogen-bond donors (Lipinski definition) is 0. The quantitative estimate of drug-likeness (QED) is 0.127. The molecule has 4 aromatic carbocycles. The van der Waals surface area contributed by atoms with Gasteiger partial charge in [0.25, 0.3) is 0 Å². The number of nitrogens with zero attached hydrogens (tertiary/aromatic N) is 2. The van der Waals surface area contributed by atoms with E-state index in [4.69, 9.17) is 1.37 Å². The van der Waals surface area contributed by atoms with E-state index in [-0.39, 0.29) is 25.9 Å². The Morgan fingerprint density at radius 1 is 0.809 bits per heavy atom. The van der Waals surface area contributed by atoms with Crippen molar-refractivity contribution in [2.45, 2.75) is 43.9 Å². The Balaban J connectivity index is 0.000000214. The van der Waals surface area contributed by atoms with Gasteiger partial charge in [-0.2, -0.15) is 11.3 Å². The number of thiophene rings is 1. The fourth-order valence-electron chi connectivity index (χ4n) is 5.67. The molecule has 3 aromatic heterocycles. The molecule has 7 rings (SSSR count). The van der Waals surface area contributed by atoms with Gasteiger partial charge >= 0.3 is 106 Å². The van der Waals surface area contributed by atoms with Gasteiger partial charge in [-0.25, -0.2) is 4.39 Å². The number of rotatable bonds is 5. The van der Waals surface area contributed by atoms with Crippen LogP contribution in [0.4, 0.5) is 4.39 Å². The summed E-state index contributed by atoms with van der Waals surface area (Å²) in [5, 5.41) is 2.36. The summed E-state index contributed by atoms with van der Waals surface area (Å²) in [7, 11) is 0. The predicted octanol–water partition coefficient (Wildman–Crippen LogP) is 11.2. The van der Waals surface area contributed by atoms with E-state index in [2.05, 4.69) is 88.9 Å². The molecule has 47 heavy (non-hydrogen) atoms. The molecule has 2 nitrogen and oxygen atoms in total. The van der Waals surface area contributed by atoms with Crippen molar-refractivity contribution < 1.29 is 25.9 Å². The van der Waals surface area contributed by atoms with Crippen molar-refractivity contribution in [1.82, 2.24) is 9.97 Å². The summed E-state index contributed by atoms with van der Waals surface area (Å²) in [5.74, 6) is 6.29. The molecule has 239 valence electrons. The molecule has 0 atom stereocenters.